The summed E-state index contributed by atoms with van der Waals surface area (Å²) in [4.78, 5) is 11.8. The van der Waals surface area contributed by atoms with E-state index in [1.165, 1.54) is 0 Å². The number of benzene rings is 1. The van der Waals surface area contributed by atoms with Gasteiger partial charge in [0.1, 0.15) is 0 Å². The number of nitrogens with one attached hydrogen (secondary N) is 1. The van der Waals surface area contributed by atoms with Crippen LogP contribution in [0.4, 0.5) is 0 Å². The van der Waals surface area contributed by atoms with Gasteiger partial charge in [0, 0.05) is 23.2 Å². The molecule has 1 N–H and O–H groups in total. The van der Waals surface area contributed by atoms with Crippen LogP contribution in [-0.2, 0) is 4.74 Å². The largest absolute Gasteiger partial charge is 0.380 e. The summed E-state index contributed by atoms with van der Waals surface area (Å²) in [5, 5.41) is 3.40. The van der Waals surface area contributed by atoms with Crippen molar-refractivity contribution in [2.24, 2.45) is 5.92 Å². The fourth-order valence-corrected chi connectivity index (χ4v) is 1.89. The minimum atomic E-state index is -0.121. The minimum Gasteiger partial charge on any atom is -0.380 e. The molecule has 19 heavy (non-hydrogen) atoms. The number of carbonyl (C=O) groups excluding carboxylic acids is 1. The van der Waals surface area contributed by atoms with Gasteiger partial charge in [0.25, 0.3) is 5.91 Å². The van der Waals surface area contributed by atoms with Gasteiger partial charge in [-0.3, -0.25) is 4.79 Å². The first kappa shape index (κ1) is 16.5. The van der Waals surface area contributed by atoms with Crippen LogP contribution in [0.25, 0.3) is 0 Å². The van der Waals surface area contributed by atoms with Crippen molar-refractivity contribution in [3.63, 3.8) is 0 Å². The smallest absolute Gasteiger partial charge is 0.251 e. The van der Waals surface area contributed by atoms with Crippen LogP contribution in [0.5, 0.6) is 0 Å². The van der Waals surface area contributed by atoms with Crippen LogP contribution in [0.2, 0.25) is 5.02 Å². The van der Waals surface area contributed by atoms with Gasteiger partial charge in [-0.25, -0.2) is 0 Å². The van der Waals surface area contributed by atoms with Gasteiger partial charge < -0.3 is 10.1 Å². The number of carbonyl (C=O) groups is 1. The van der Waals surface area contributed by atoms with Gasteiger partial charge in [0.15, 0.2) is 0 Å². The Hall–Kier alpha value is -0.580. The maximum atomic E-state index is 11.8. The first-order valence-electron chi connectivity index (χ1n) is 6.31. The van der Waals surface area contributed by atoms with Gasteiger partial charge in [-0.2, -0.15) is 0 Å². The monoisotopic (exact) mass is 347 g/mol. The predicted molar refractivity (Wildman–Crippen MR) is 81.8 cm³/mol. The van der Waals surface area contributed by atoms with Crippen LogP contribution in [0, 0.1) is 5.92 Å². The van der Waals surface area contributed by atoms with Crippen molar-refractivity contribution in [1.29, 1.82) is 0 Å². The first-order chi connectivity index (χ1) is 9.00. The second-order valence-corrected chi connectivity index (χ2v) is 5.94. The number of halogens is 2. The lowest BCUT2D eigenvalue weighted by atomic mass is 10.1. The summed E-state index contributed by atoms with van der Waals surface area (Å²) >= 11 is 9.17. The lowest BCUT2D eigenvalue weighted by molar-refractivity contribution is 0.0906. The Morgan fingerprint density at radius 2 is 2.16 bits per heavy atom. The Kier molecular flexibility index (Phi) is 7.42. The highest BCUT2D eigenvalue weighted by Gasteiger charge is 2.07. The first-order valence-corrected chi connectivity index (χ1v) is 7.48. The average molecular weight is 349 g/mol. The topological polar surface area (TPSA) is 38.3 Å². The molecule has 0 aromatic heterocycles. The van der Waals surface area contributed by atoms with Gasteiger partial charge in [0.05, 0.1) is 11.6 Å². The van der Waals surface area contributed by atoms with E-state index in [4.69, 9.17) is 16.3 Å². The molecular formula is C14H19BrClNO2. The van der Waals surface area contributed by atoms with Crippen molar-refractivity contribution in [2.75, 3.05) is 19.8 Å². The van der Waals surface area contributed by atoms with Crippen LogP contribution < -0.4 is 5.32 Å². The van der Waals surface area contributed by atoms with Crippen molar-refractivity contribution in [3.8, 4) is 0 Å². The molecule has 0 aliphatic heterocycles. The molecule has 1 aromatic carbocycles. The molecule has 0 bridgehead atoms. The van der Waals surface area contributed by atoms with Gasteiger partial charge in [0.2, 0.25) is 0 Å². The predicted octanol–water partition coefficient (Wildman–Crippen LogP) is 3.90. The summed E-state index contributed by atoms with van der Waals surface area (Å²) in [6.07, 6.45) is 1.04. The Bertz CT molecular complexity index is 424. The van der Waals surface area contributed by atoms with E-state index in [9.17, 15) is 4.79 Å². The molecule has 0 saturated carbocycles. The van der Waals surface area contributed by atoms with E-state index >= 15 is 0 Å². The highest BCUT2D eigenvalue weighted by molar-refractivity contribution is 9.10. The molecule has 0 fully saturated rings. The van der Waals surface area contributed by atoms with E-state index in [1.807, 2.05) is 0 Å². The third-order valence-electron chi connectivity index (χ3n) is 2.55. The van der Waals surface area contributed by atoms with Gasteiger partial charge in [-0.1, -0.05) is 25.4 Å². The van der Waals surface area contributed by atoms with Crippen molar-refractivity contribution < 1.29 is 9.53 Å². The zero-order valence-electron chi connectivity index (χ0n) is 11.2. The molecule has 0 aliphatic rings. The molecule has 0 atom stereocenters. The third kappa shape index (κ3) is 6.41. The maximum Gasteiger partial charge on any atom is 0.251 e. The summed E-state index contributed by atoms with van der Waals surface area (Å²) in [5.41, 5.74) is 0.582. The molecule has 0 heterocycles. The second kappa shape index (κ2) is 8.56. The zero-order valence-corrected chi connectivity index (χ0v) is 13.6. The minimum absolute atomic E-state index is 0.121. The quantitative estimate of drug-likeness (QED) is 0.759. The Balaban J connectivity index is 2.26. The third-order valence-corrected chi connectivity index (χ3v) is 3.77. The van der Waals surface area contributed by atoms with E-state index in [0.717, 1.165) is 17.5 Å². The number of hydrogen-bond acceptors (Lipinski definition) is 2. The van der Waals surface area contributed by atoms with Crippen molar-refractivity contribution in [1.82, 2.24) is 5.32 Å². The summed E-state index contributed by atoms with van der Waals surface area (Å²) < 4.78 is 6.15. The SMILES string of the molecule is CC(C)CCOCCNC(=O)c1ccc(Cl)c(Br)c1. The van der Waals surface area contributed by atoms with Crippen LogP contribution >= 0.6 is 27.5 Å². The summed E-state index contributed by atoms with van der Waals surface area (Å²) in [5.74, 6) is 0.519. The molecule has 0 radical (unpaired) electrons. The Morgan fingerprint density at radius 1 is 1.42 bits per heavy atom. The standard InChI is InChI=1S/C14H19BrClNO2/c1-10(2)5-7-19-8-6-17-14(18)11-3-4-13(16)12(15)9-11/h3-4,9-10H,5-8H2,1-2H3,(H,17,18). The molecule has 3 nitrogen and oxygen atoms in total. The van der Waals surface area contributed by atoms with Gasteiger partial charge in [-0.05, 0) is 46.5 Å². The molecule has 1 aromatic rings. The molecule has 0 unspecified atom stereocenters. The molecule has 106 valence electrons. The highest BCUT2D eigenvalue weighted by Crippen LogP contribution is 2.23. The average Bonchev–Trinajstić information content (AvgIpc) is 2.36. The fourth-order valence-electron chi connectivity index (χ4n) is 1.40. The number of ether oxygens (including phenoxy) is 1. The lowest BCUT2D eigenvalue weighted by Gasteiger charge is -2.08. The number of hydrogen-bond donors (Lipinski definition) is 1. The van der Waals surface area contributed by atoms with E-state index in [2.05, 4.69) is 35.1 Å². The normalized spacial score (nSPS) is 10.8. The van der Waals surface area contributed by atoms with Gasteiger partial charge in [-0.15, -0.1) is 0 Å². The van der Waals surface area contributed by atoms with Crippen LogP contribution in [-0.4, -0.2) is 25.7 Å². The van der Waals surface area contributed by atoms with Gasteiger partial charge >= 0.3 is 0 Å². The second-order valence-electron chi connectivity index (χ2n) is 4.68. The molecule has 1 rings (SSSR count). The summed E-state index contributed by atoms with van der Waals surface area (Å²) in [7, 11) is 0. The molecule has 0 spiro atoms. The molecule has 0 aliphatic carbocycles. The maximum absolute atomic E-state index is 11.8. The van der Waals surface area contributed by atoms with E-state index in [0.29, 0.717) is 29.7 Å². The lowest BCUT2D eigenvalue weighted by Crippen LogP contribution is -2.27. The summed E-state index contributed by atoms with van der Waals surface area (Å²) in [6.45, 7) is 6.09. The number of amides is 1. The molecular weight excluding hydrogens is 330 g/mol. The van der Waals surface area contributed by atoms with Crippen LogP contribution in [0.1, 0.15) is 30.6 Å². The van der Waals surface area contributed by atoms with E-state index in [-0.39, 0.29) is 5.91 Å². The highest BCUT2D eigenvalue weighted by atomic mass is 79.9. The Morgan fingerprint density at radius 3 is 2.79 bits per heavy atom. The van der Waals surface area contributed by atoms with Crippen LogP contribution in [0.15, 0.2) is 22.7 Å². The van der Waals surface area contributed by atoms with Crippen molar-refractivity contribution >= 4 is 33.4 Å². The van der Waals surface area contributed by atoms with E-state index < -0.39 is 0 Å². The van der Waals surface area contributed by atoms with Crippen molar-refractivity contribution in [2.45, 2.75) is 20.3 Å². The molecule has 1 amide bonds. The Labute approximate surface area is 127 Å². The fraction of sp³-hybridized carbons (Fsp3) is 0.500. The zero-order chi connectivity index (χ0) is 14.3. The number of rotatable bonds is 7. The molecule has 5 heteroatoms. The van der Waals surface area contributed by atoms with Crippen molar-refractivity contribution in [3.05, 3.63) is 33.3 Å². The molecule has 0 saturated heterocycles. The van der Waals surface area contributed by atoms with E-state index in [1.54, 1.807) is 18.2 Å². The summed E-state index contributed by atoms with van der Waals surface area (Å²) in [6, 6.07) is 5.10. The van der Waals surface area contributed by atoms with Crippen LogP contribution in [0.3, 0.4) is 0 Å².